The van der Waals surface area contributed by atoms with E-state index in [1.165, 1.54) is 43.0 Å². The highest BCUT2D eigenvalue weighted by Crippen LogP contribution is 2.23. The monoisotopic (exact) mass is 1010 g/mol. The molecule has 15 N–H and O–H groups in total. The quantitative estimate of drug-likeness (QED) is 0.0419. The van der Waals surface area contributed by atoms with Gasteiger partial charge in [-0.3, -0.25) is 57.5 Å². The average Bonchev–Trinajstić information content (AvgIpc) is 3.81. The van der Waals surface area contributed by atoms with Gasteiger partial charge in [-0.15, -0.1) is 0 Å². The zero-order valence-electron chi connectivity index (χ0n) is 41.4. The number of nitrogens with zero attached hydrogens (tertiary/aromatic N) is 2. The van der Waals surface area contributed by atoms with Gasteiger partial charge < -0.3 is 74.4 Å². The van der Waals surface area contributed by atoms with Crippen LogP contribution in [0.25, 0.3) is 0 Å². The number of piperazine rings is 1. The molecular formula is C46H70N12O14. The van der Waals surface area contributed by atoms with E-state index >= 15 is 0 Å². The number of carboxylic acids is 1. The SMILES string of the molecule is CCC(C)[C@H]1C(=O)N[C@@H](C(=O)N[C@@H](CCC(N)=O)C(=O)N[C@@H](CC(N)=O)C(=O)N[C@@H](C)C(=O)N2CCC[C@H]2C(=O)N[C@@H](CC(C)C)C(=O)NCC(=O)O)CN1C(=O)[C@H](Cc1ccc(O)cc1)NC(=O)[C@H](C)N. The number of phenolic OH excluding ortho intramolecular Hbond substituents is 1. The summed E-state index contributed by atoms with van der Waals surface area (Å²) in [6.45, 7) is 8.70. The molecule has 3 rings (SSSR count). The van der Waals surface area contributed by atoms with Crippen molar-refractivity contribution in [3.8, 4) is 5.75 Å². The molecule has 0 radical (unpaired) electrons. The van der Waals surface area contributed by atoms with Crippen molar-refractivity contribution in [2.45, 2.75) is 147 Å². The maximum absolute atomic E-state index is 14.5. The Morgan fingerprint density at radius 1 is 0.750 bits per heavy atom. The van der Waals surface area contributed by atoms with Crippen molar-refractivity contribution < 1.29 is 67.7 Å². The molecule has 2 heterocycles. The molecule has 26 heteroatoms. The van der Waals surface area contributed by atoms with E-state index < -0.39 is 164 Å². The standard InChI is InChI=1S/C46H70N12O14/c1-7-23(4)37-44(70)56-32(21-58(37)46(72)31(55-38(64)24(5)47)18-26-10-12-27(59)13-11-26)42(68)52-28(14-15-34(48)60)40(66)53-30(19-35(49)61)41(67)51-25(6)45(71)57-16-8-9-33(57)43(69)54-29(17-22(2)3)39(65)50-20-36(62)63/h10-13,22-25,28-33,37,59H,7-9,14-21,47H2,1-6H3,(H2,48,60)(H2,49,61)(H,50,65)(H,51,67)(H,52,68)(H,53,66)(H,54,69)(H,55,64)(H,56,70)(H,62,63)/t23?,24-,25-,28-,29-,30-,31-,32+,33-,37-/m0/s1. The highest BCUT2D eigenvalue weighted by molar-refractivity contribution is 6.00. The number of aromatic hydroxyl groups is 1. The molecule has 1 aromatic rings. The van der Waals surface area contributed by atoms with Crippen LogP contribution >= 0.6 is 0 Å². The fourth-order valence-electron chi connectivity index (χ4n) is 8.18. The molecule has 0 aliphatic carbocycles. The van der Waals surface area contributed by atoms with Crippen molar-refractivity contribution in [2.75, 3.05) is 19.6 Å². The fraction of sp³-hybridized carbons (Fsp3) is 0.609. The van der Waals surface area contributed by atoms with Crippen LogP contribution < -0.4 is 54.4 Å². The van der Waals surface area contributed by atoms with E-state index in [0.29, 0.717) is 18.4 Å². The first-order valence-electron chi connectivity index (χ1n) is 23.8. The minimum absolute atomic E-state index is 0.0492. The van der Waals surface area contributed by atoms with E-state index in [9.17, 15) is 62.6 Å². The minimum Gasteiger partial charge on any atom is -0.508 e. The van der Waals surface area contributed by atoms with Crippen molar-refractivity contribution in [3.63, 3.8) is 0 Å². The third kappa shape index (κ3) is 17.5. The van der Waals surface area contributed by atoms with Crippen LogP contribution in [0, 0.1) is 11.8 Å². The van der Waals surface area contributed by atoms with Crippen LogP contribution in [0.3, 0.4) is 0 Å². The van der Waals surface area contributed by atoms with Gasteiger partial charge in [-0.1, -0.05) is 46.2 Å². The summed E-state index contributed by atoms with van der Waals surface area (Å²) < 4.78 is 0. The Labute approximate surface area is 416 Å². The molecule has 398 valence electrons. The summed E-state index contributed by atoms with van der Waals surface area (Å²) in [6, 6.07) is -6.16. The summed E-state index contributed by atoms with van der Waals surface area (Å²) in [5, 5.41) is 36.0. The maximum Gasteiger partial charge on any atom is 0.322 e. The van der Waals surface area contributed by atoms with Crippen molar-refractivity contribution in [1.82, 2.24) is 47.0 Å². The molecule has 0 saturated carbocycles. The Bertz CT molecular complexity index is 2190. The molecule has 11 amide bonds. The molecule has 2 aliphatic rings. The molecule has 2 aliphatic heterocycles. The zero-order chi connectivity index (χ0) is 54.1. The number of rotatable bonds is 26. The number of hydrogen-bond donors (Lipinski definition) is 12. The van der Waals surface area contributed by atoms with Crippen LogP contribution in [0.1, 0.15) is 92.1 Å². The maximum atomic E-state index is 14.5. The van der Waals surface area contributed by atoms with E-state index in [0.717, 1.165) is 4.90 Å². The first-order chi connectivity index (χ1) is 33.7. The summed E-state index contributed by atoms with van der Waals surface area (Å²) >= 11 is 0. The van der Waals surface area contributed by atoms with Gasteiger partial charge in [-0.05, 0) is 69.1 Å². The molecule has 72 heavy (non-hydrogen) atoms. The summed E-state index contributed by atoms with van der Waals surface area (Å²) in [4.78, 5) is 160. The van der Waals surface area contributed by atoms with Crippen LogP contribution in [0.15, 0.2) is 24.3 Å². The van der Waals surface area contributed by atoms with Crippen LogP contribution in [0.5, 0.6) is 5.75 Å². The van der Waals surface area contributed by atoms with E-state index in [-0.39, 0.29) is 37.5 Å². The van der Waals surface area contributed by atoms with E-state index in [1.54, 1.807) is 27.7 Å². The number of carboxylic acid groups (broad SMARTS) is 1. The second-order valence-electron chi connectivity index (χ2n) is 18.6. The number of primary amides is 2. The Balaban J connectivity index is 1.83. The number of carbonyl (C=O) groups is 12. The molecule has 2 fully saturated rings. The molecule has 10 atom stereocenters. The van der Waals surface area contributed by atoms with Gasteiger partial charge >= 0.3 is 5.97 Å². The van der Waals surface area contributed by atoms with Crippen LogP contribution in [0.4, 0.5) is 0 Å². The lowest BCUT2D eigenvalue weighted by Crippen LogP contribution is -2.69. The molecule has 0 bridgehead atoms. The summed E-state index contributed by atoms with van der Waals surface area (Å²) in [5.41, 5.74) is 17.2. The van der Waals surface area contributed by atoms with Crippen molar-refractivity contribution in [2.24, 2.45) is 29.0 Å². The number of carbonyl (C=O) groups excluding carboxylic acids is 11. The van der Waals surface area contributed by atoms with Crippen LogP contribution in [-0.2, 0) is 64.0 Å². The highest BCUT2D eigenvalue weighted by Gasteiger charge is 2.45. The number of likely N-dealkylation sites (tertiary alicyclic amines) is 1. The number of benzene rings is 1. The lowest BCUT2D eigenvalue weighted by atomic mass is 9.92. The fourth-order valence-corrected chi connectivity index (χ4v) is 8.18. The highest BCUT2D eigenvalue weighted by atomic mass is 16.4. The van der Waals surface area contributed by atoms with Crippen molar-refractivity contribution in [1.29, 1.82) is 0 Å². The van der Waals surface area contributed by atoms with Gasteiger partial charge in [0, 0.05) is 19.4 Å². The Kier molecular flexibility index (Phi) is 22.3. The molecule has 26 nitrogen and oxygen atoms in total. The van der Waals surface area contributed by atoms with E-state index in [1.807, 2.05) is 0 Å². The topological polar surface area (TPSA) is 414 Å². The van der Waals surface area contributed by atoms with Gasteiger partial charge in [0.2, 0.25) is 65.0 Å². The molecule has 0 aromatic heterocycles. The largest absolute Gasteiger partial charge is 0.508 e. The van der Waals surface area contributed by atoms with E-state index in [4.69, 9.17) is 22.3 Å². The van der Waals surface area contributed by atoms with Gasteiger partial charge in [-0.2, -0.15) is 0 Å². The molecular weight excluding hydrogens is 945 g/mol. The van der Waals surface area contributed by atoms with Gasteiger partial charge in [-0.25, -0.2) is 0 Å². The number of hydrogen-bond acceptors (Lipinski definition) is 14. The van der Waals surface area contributed by atoms with Gasteiger partial charge in [0.15, 0.2) is 0 Å². The van der Waals surface area contributed by atoms with Crippen LogP contribution in [0.2, 0.25) is 0 Å². The number of nitrogens with one attached hydrogen (secondary N) is 7. The Morgan fingerprint density at radius 2 is 1.36 bits per heavy atom. The molecule has 1 unspecified atom stereocenters. The normalized spacial score (nSPS) is 19.4. The van der Waals surface area contributed by atoms with E-state index in [2.05, 4.69) is 37.2 Å². The third-order valence-corrected chi connectivity index (χ3v) is 12.2. The van der Waals surface area contributed by atoms with Crippen LogP contribution in [-0.4, -0.2) is 165 Å². The Hall–Kier alpha value is -7.38. The second-order valence-corrected chi connectivity index (χ2v) is 18.6. The van der Waals surface area contributed by atoms with Gasteiger partial charge in [0.1, 0.15) is 60.6 Å². The lowest BCUT2D eigenvalue weighted by molar-refractivity contribution is -0.151. The van der Waals surface area contributed by atoms with Crippen molar-refractivity contribution >= 4 is 70.9 Å². The number of phenols is 1. The number of aliphatic carboxylic acids is 1. The van der Waals surface area contributed by atoms with Gasteiger partial charge in [0.25, 0.3) is 0 Å². The predicted molar refractivity (Wildman–Crippen MR) is 255 cm³/mol. The molecule has 2 saturated heterocycles. The first kappa shape index (κ1) is 58.9. The smallest absolute Gasteiger partial charge is 0.322 e. The zero-order valence-corrected chi connectivity index (χ0v) is 41.4. The summed E-state index contributed by atoms with van der Waals surface area (Å²) in [6.07, 6.45) is -0.739. The Morgan fingerprint density at radius 3 is 1.93 bits per heavy atom. The van der Waals surface area contributed by atoms with Crippen molar-refractivity contribution in [3.05, 3.63) is 29.8 Å². The minimum atomic E-state index is -1.77. The summed E-state index contributed by atoms with van der Waals surface area (Å²) in [5.74, 6) is -11.4. The lowest BCUT2D eigenvalue weighted by Gasteiger charge is -2.43. The number of nitrogens with two attached hydrogens (primary N) is 3. The molecule has 0 spiro atoms. The predicted octanol–water partition coefficient (Wildman–Crippen LogP) is -4.15. The third-order valence-electron chi connectivity index (χ3n) is 12.2. The summed E-state index contributed by atoms with van der Waals surface area (Å²) in [7, 11) is 0. The van der Waals surface area contributed by atoms with Gasteiger partial charge in [0.05, 0.1) is 19.0 Å². The number of amides is 11. The average molecular weight is 1020 g/mol. The molecule has 1 aromatic carbocycles. The first-order valence-corrected chi connectivity index (χ1v) is 23.8. The second kappa shape index (κ2) is 27.3.